The number of aromatic nitrogens is 4. The molecular formula is C17H20N4O4. The monoisotopic (exact) mass is 344 g/mol. The maximum absolute atomic E-state index is 8.36. The van der Waals surface area contributed by atoms with E-state index >= 15 is 0 Å². The van der Waals surface area contributed by atoms with Crippen molar-refractivity contribution in [2.24, 2.45) is 0 Å². The molecule has 25 heavy (non-hydrogen) atoms. The fourth-order valence-corrected chi connectivity index (χ4v) is 2.31. The maximum Gasteiger partial charge on any atom is 0.290 e. The zero-order valence-corrected chi connectivity index (χ0v) is 14.5. The number of imidazole rings is 1. The minimum atomic E-state index is -0.250. The number of aryl methyl sites for hydroxylation is 1. The van der Waals surface area contributed by atoms with Crippen LogP contribution in [-0.2, 0) is 4.79 Å². The van der Waals surface area contributed by atoms with Crippen LogP contribution in [0, 0.1) is 6.92 Å². The Morgan fingerprint density at radius 3 is 2.56 bits per heavy atom. The van der Waals surface area contributed by atoms with Gasteiger partial charge in [-0.2, -0.15) is 0 Å². The molecule has 0 unspecified atom stereocenters. The lowest BCUT2D eigenvalue weighted by Crippen LogP contribution is -2.08. The highest BCUT2D eigenvalue weighted by Crippen LogP contribution is 2.28. The molecule has 0 saturated heterocycles. The van der Waals surface area contributed by atoms with Gasteiger partial charge in [0.05, 0.1) is 25.1 Å². The third-order valence-corrected chi connectivity index (χ3v) is 3.31. The van der Waals surface area contributed by atoms with E-state index in [1.54, 1.807) is 25.7 Å². The minimum Gasteiger partial charge on any atom is -0.483 e. The van der Waals surface area contributed by atoms with Crippen LogP contribution in [0.5, 0.6) is 11.8 Å². The largest absolute Gasteiger partial charge is 0.483 e. The molecule has 132 valence electrons. The quantitative estimate of drug-likeness (QED) is 0.726. The van der Waals surface area contributed by atoms with Crippen LogP contribution in [0.25, 0.3) is 16.9 Å². The van der Waals surface area contributed by atoms with Crippen LogP contribution in [0.4, 0.5) is 0 Å². The van der Waals surface area contributed by atoms with Gasteiger partial charge in [0.1, 0.15) is 0 Å². The number of pyridine rings is 1. The normalized spacial score (nSPS) is 10.3. The van der Waals surface area contributed by atoms with Crippen molar-refractivity contribution in [3.8, 4) is 23.0 Å². The number of carbonyl (C=O) groups is 1. The SMILES string of the molecule is COc1cc(C)c(-c2cnc3c(OC(C)C)nccn23)cn1.O=CO. The van der Waals surface area contributed by atoms with Crippen LogP contribution in [-0.4, -0.2) is 44.1 Å². The lowest BCUT2D eigenvalue weighted by atomic mass is 10.1. The number of ether oxygens (including phenoxy) is 2. The Morgan fingerprint density at radius 1 is 1.24 bits per heavy atom. The lowest BCUT2D eigenvalue weighted by Gasteiger charge is -2.10. The van der Waals surface area contributed by atoms with Crippen molar-refractivity contribution in [1.82, 2.24) is 19.4 Å². The highest BCUT2D eigenvalue weighted by atomic mass is 16.5. The predicted octanol–water partition coefficient (Wildman–Crippen LogP) is 2.60. The molecule has 0 aliphatic rings. The van der Waals surface area contributed by atoms with E-state index in [0.29, 0.717) is 17.4 Å². The summed E-state index contributed by atoms with van der Waals surface area (Å²) < 4.78 is 12.8. The third-order valence-electron chi connectivity index (χ3n) is 3.31. The molecule has 3 heterocycles. The summed E-state index contributed by atoms with van der Waals surface area (Å²) in [5.41, 5.74) is 3.70. The van der Waals surface area contributed by atoms with Gasteiger partial charge in [0.15, 0.2) is 0 Å². The highest BCUT2D eigenvalue weighted by molar-refractivity contribution is 5.68. The first-order valence-electron chi connectivity index (χ1n) is 7.59. The number of nitrogens with zero attached hydrogens (tertiary/aromatic N) is 4. The van der Waals surface area contributed by atoms with Gasteiger partial charge in [-0.05, 0) is 26.3 Å². The molecule has 0 atom stereocenters. The smallest absolute Gasteiger partial charge is 0.290 e. The lowest BCUT2D eigenvalue weighted by molar-refractivity contribution is -0.122. The van der Waals surface area contributed by atoms with Crippen LogP contribution >= 0.6 is 0 Å². The molecule has 0 amide bonds. The molecule has 3 rings (SSSR count). The Bertz CT molecular complexity index is 861. The van der Waals surface area contributed by atoms with Crippen molar-refractivity contribution in [1.29, 1.82) is 0 Å². The van der Waals surface area contributed by atoms with Crippen molar-refractivity contribution in [3.05, 3.63) is 36.4 Å². The summed E-state index contributed by atoms with van der Waals surface area (Å²) in [6, 6.07) is 1.90. The Morgan fingerprint density at radius 2 is 1.96 bits per heavy atom. The number of hydrogen-bond acceptors (Lipinski definition) is 6. The number of rotatable bonds is 4. The van der Waals surface area contributed by atoms with Gasteiger partial charge in [-0.3, -0.25) is 9.20 Å². The summed E-state index contributed by atoms with van der Waals surface area (Å²) in [6.07, 6.45) is 7.22. The van der Waals surface area contributed by atoms with E-state index in [-0.39, 0.29) is 12.6 Å². The van der Waals surface area contributed by atoms with Gasteiger partial charge in [0.2, 0.25) is 11.5 Å². The second-order valence-electron chi connectivity index (χ2n) is 5.38. The van der Waals surface area contributed by atoms with Crippen molar-refractivity contribution in [2.75, 3.05) is 7.11 Å². The summed E-state index contributed by atoms with van der Waals surface area (Å²) >= 11 is 0. The molecule has 0 aliphatic carbocycles. The maximum atomic E-state index is 8.36. The molecule has 0 aliphatic heterocycles. The highest BCUT2D eigenvalue weighted by Gasteiger charge is 2.14. The molecule has 0 spiro atoms. The van der Waals surface area contributed by atoms with Gasteiger partial charge in [0.25, 0.3) is 12.4 Å². The van der Waals surface area contributed by atoms with E-state index in [9.17, 15) is 0 Å². The third kappa shape index (κ3) is 4.03. The Labute approximate surface area is 145 Å². The number of hydrogen-bond donors (Lipinski definition) is 1. The zero-order chi connectivity index (χ0) is 18.4. The molecule has 8 nitrogen and oxygen atoms in total. The van der Waals surface area contributed by atoms with E-state index in [2.05, 4.69) is 15.0 Å². The Hall–Kier alpha value is -3.16. The van der Waals surface area contributed by atoms with Gasteiger partial charge in [-0.1, -0.05) is 0 Å². The topological polar surface area (TPSA) is 98.8 Å². The zero-order valence-electron chi connectivity index (χ0n) is 14.5. The van der Waals surface area contributed by atoms with Crippen molar-refractivity contribution < 1.29 is 19.4 Å². The fraction of sp³-hybridized carbons (Fsp3) is 0.294. The molecule has 0 bridgehead atoms. The summed E-state index contributed by atoms with van der Waals surface area (Å²) in [5.74, 6) is 1.13. The van der Waals surface area contributed by atoms with Gasteiger partial charge in [0, 0.05) is 30.2 Å². The molecular weight excluding hydrogens is 324 g/mol. The van der Waals surface area contributed by atoms with E-state index in [0.717, 1.165) is 16.8 Å². The summed E-state index contributed by atoms with van der Waals surface area (Å²) in [6.45, 7) is 5.70. The average molecular weight is 344 g/mol. The first-order valence-corrected chi connectivity index (χ1v) is 7.59. The van der Waals surface area contributed by atoms with Gasteiger partial charge >= 0.3 is 0 Å². The molecule has 3 aromatic heterocycles. The first kappa shape index (κ1) is 18.2. The number of carboxylic acid groups (broad SMARTS) is 1. The first-order chi connectivity index (χ1) is 12.0. The van der Waals surface area contributed by atoms with Crippen LogP contribution in [0.1, 0.15) is 19.4 Å². The fourth-order valence-electron chi connectivity index (χ4n) is 2.31. The molecule has 0 radical (unpaired) electrons. The van der Waals surface area contributed by atoms with Crippen molar-refractivity contribution >= 4 is 12.1 Å². The van der Waals surface area contributed by atoms with Gasteiger partial charge in [-0.25, -0.2) is 15.0 Å². The Balaban J connectivity index is 0.000000701. The Kier molecular flexibility index (Phi) is 5.89. The van der Waals surface area contributed by atoms with Crippen LogP contribution < -0.4 is 9.47 Å². The van der Waals surface area contributed by atoms with Crippen LogP contribution in [0.2, 0.25) is 0 Å². The van der Waals surface area contributed by atoms with E-state index in [4.69, 9.17) is 19.4 Å². The molecule has 0 saturated carbocycles. The minimum absolute atomic E-state index is 0.0447. The molecule has 8 heteroatoms. The van der Waals surface area contributed by atoms with Gasteiger partial charge < -0.3 is 14.6 Å². The number of fused-ring (bicyclic) bond motifs is 1. The molecule has 3 aromatic rings. The van der Waals surface area contributed by atoms with E-state index < -0.39 is 0 Å². The van der Waals surface area contributed by atoms with Crippen LogP contribution in [0.15, 0.2) is 30.9 Å². The molecule has 1 N–H and O–H groups in total. The second-order valence-corrected chi connectivity index (χ2v) is 5.38. The second kappa shape index (κ2) is 8.09. The molecule has 0 fully saturated rings. The van der Waals surface area contributed by atoms with Crippen LogP contribution in [0.3, 0.4) is 0 Å². The number of methoxy groups -OCH3 is 1. The molecule has 0 aromatic carbocycles. The standard InChI is InChI=1S/C16H18N4O2.CH2O2/c1-10(2)22-16-15-19-9-13(20(15)6-5-17-16)12-8-18-14(21-4)7-11(12)3;2-1-3/h5-10H,1-4H3;1H,(H,2,3). The van der Waals surface area contributed by atoms with Crippen molar-refractivity contribution in [3.63, 3.8) is 0 Å². The van der Waals surface area contributed by atoms with Crippen molar-refractivity contribution in [2.45, 2.75) is 26.9 Å². The summed E-state index contributed by atoms with van der Waals surface area (Å²) in [4.78, 5) is 21.4. The predicted molar refractivity (Wildman–Crippen MR) is 92.0 cm³/mol. The van der Waals surface area contributed by atoms with E-state index in [1.165, 1.54) is 0 Å². The van der Waals surface area contributed by atoms with E-state index in [1.807, 2.05) is 37.4 Å². The summed E-state index contributed by atoms with van der Waals surface area (Å²) in [7, 11) is 1.61. The average Bonchev–Trinajstić information content (AvgIpc) is 3.00. The summed E-state index contributed by atoms with van der Waals surface area (Å²) in [5, 5.41) is 6.89. The van der Waals surface area contributed by atoms with Gasteiger partial charge in [-0.15, -0.1) is 0 Å².